The van der Waals surface area contributed by atoms with Crippen molar-refractivity contribution in [1.29, 1.82) is 0 Å². The molecule has 2 unspecified atom stereocenters. The predicted octanol–water partition coefficient (Wildman–Crippen LogP) is 2.50. The Bertz CT molecular complexity index is 424. The molecule has 4 heteroatoms. The van der Waals surface area contributed by atoms with Crippen molar-refractivity contribution < 1.29 is 0 Å². The van der Waals surface area contributed by atoms with E-state index in [0.29, 0.717) is 6.04 Å². The Hall–Kier alpha value is -0.870. The first-order valence-electron chi connectivity index (χ1n) is 7.96. The van der Waals surface area contributed by atoms with Crippen LogP contribution in [0.4, 0.5) is 0 Å². The molecule has 1 aliphatic rings. The molecule has 0 bridgehead atoms. The Morgan fingerprint density at radius 3 is 2.80 bits per heavy atom. The number of rotatable bonds is 5. The summed E-state index contributed by atoms with van der Waals surface area (Å²) in [6.07, 6.45) is 5.43. The van der Waals surface area contributed by atoms with Gasteiger partial charge in [-0.1, -0.05) is 20.3 Å². The molecule has 20 heavy (non-hydrogen) atoms. The Labute approximate surface area is 123 Å². The molecule has 2 rings (SSSR count). The zero-order valence-electron chi connectivity index (χ0n) is 13.7. The van der Waals surface area contributed by atoms with Crippen molar-refractivity contribution in [3.05, 3.63) is 18.0 Å². The maximum absolute atomic E-state index is 4.39. The van der Waals surface area contributed by atoms with Gasteiger partial charge in [-0.15, -0.1) is 0 Å². The lowest BCUT2D eigenvalue weighted by Gasteiger charge is -2.47. The molecule has 4 nitrogen and oxygen atoms in total. The lowest BCUT2D eigenvalue weighted by molar-refractivity contribution is 0.0448. The Balaban J connectivity index is 2.05. The van der Waals surface area contributed by atoms with Crippen LogP contribution in [0.3, 0.4) is 0 Å². The van der Waals surface area contributed by atoms with E-state index in [2.05, 4.69) is 56.1 Å². The number of piperazine rings is 1. The normalized spacial score (nSPS) is 24.8. The minimum Gasteiger partial charge on any atom is -0.311 e. The largest absolute Gasteiger partial charge is 0.311 e. The third kappa shape index (κ3) is 3.41. The van der Waals surface area contributed by atoms with Gasteiger partial charge in [-0.3, -0.25) is 9.58 Å². The second kappa shape index (κ2) is 6.27. The van der Waals surface area contributed by atoms with E-state index in [1.807, 2.05) is 10.9 Å². The van der Waals surface area contributed by atoms with Crippen molar-refractivity contribution >= 4 is 0 Å². The standard InChI is InChI=1S/C16H30N4/c1-6-13(3)15-11-19(16(4,5)12-17-15)9-14-8-18-20(7-2)10-14/h8,10,13,15,17H,6-7,9,11-12H2,1-5H3. The van der Waals surface area contributed by atoms with Crippen molar-refractivity contribution in [2.75, 3.05) is 13.1 Å². The van der Waals surface area contributed by atoms with Gasteiger partial charge < -0.3 is 5.32 Å². The molecule has 1 aromatic rings. The molecule has 0 aliphatic carbocycles. The Kier molecular flexibility index (Phi) is 4.86. The molecule has 1 aromatic heterocycles. The summed E-state index contributed by atoms with van der Waals surface area (Å²) < 4.78 is 2.01. The highest BCUT2D eigenvalue weighted by molar-refractivity contribution is 5.06. The van der Waals surface area contributed by atoms with Crippen LogP contribution in [0.5, 0.6) is 0 Å². The third-order valence-electron chi connectivity index (χ3n) is 4.78. The van der Waals surface area contributed by atoms with E-state index in [1.165, 1.54) is 12.0 Å². The summed E-state index contributed by atoms with van der Waals surface area (Å²) in [6.45, 7) is 15.6. The highest BCUT2D eigenvalue weighted by Gasteiger charge is 2.35. The van der Waals surface area contributed by atoms with Crippen LogP contribution in [0.25, 0.3) is 0 Å². The molecule has 0 aromatic carbocycles. The first-order chi connectivity index (χ1) is 9.46. The topological polar surface area (TPSA) is 33.1 Å². The van der Waals surface area contributed by atoms with Crippen LogP contribution in [-0.4, -0.2) is 39.4 Å². The van der Waals surface area contributed by atoms with Crippen LogP contribution in [0.15, 0.2) is 12.4 Å². The molecule has 2 heterocycles. The maximum atomic E-state index is 4.39. The zero-order valence-corrected chi connectivity index (χ0v) is 13.7. The fourth-order valence-electron chi connectivity index (χ4n) is 2.87. The van der Waals surface area contributed by atoms with Crippen LogP contribution < -0.4 is 5.32 Å². The summed E-state index contributed by atoms with van der Waals surface area (Å²) in [5, 5.41) is 8.12. The average molecular weight is 278 g/mol. The van der Waals surface area contributed by atoms with Crippen molar-refractivity contribution in [2.24, 2.45) is 5.92 Å². The van der Waals surface area contributed by atoms with Crippen molar-refractivity contribution in [3.8, 4) is 0 Å². The quantitative estimate of drug-likeness (QED) is 0.898. The third-order valence-corrected chi connectivity index (χ3v) is 4.78. The number of nitrogens with zero attached hydrogens (tertiary/aromatic N) is 3. The number of nitrogens with one attached hydrogen (secondary N) is 1. The second-order valence-corrected chi connectivity index (χ2v) is 6.77. The highest BCUT2D eigenvalue weighted by Crippen LogP contribution is 2.24. The smallest absolute Gasteiger partial charge is 0.0534 e. The van der Waals surface area contributed by atoms with E-state index in [-0.39, 0.29) is 5.54 Å². The summed E-state index contributed by atoms with van der Waals surface area (Å²) in [5.41, 5.74) is 1.53. The van der Waals surface area contributed by atoms with Crippen LogP contribution in [0.1, 0.15) is 46.6 Å². The molecular weight excluding hydrogens is 248 g/mol. The summed E-state index contributed by atoms with van der Waals surface area (Å²) in [6, 6.07) is 0.606. The predicted molar refractivity (Wildman–Crippen MR) is 83.6 cm³/mol. The van der Waals surface area contributed by atoms with Crippen molar-refractivity contribution in [2.45, 2.75) is 65.7 Å². The Morgan fingerprint density at radius 1 is 1.45 bits per heavy atom. The lowest BCUT2D eigenvalue weighted by atomic mass is 9.90. The van der Waals surface area contributed by atoms with Gasteiger partial charge in [0, 0.05) is 49.5 Å². The monoisotopic (exact) mass is 278 g/mol. The SMILES string of the molecule is CCC(C)C1CN(Cc2cnn(CC)c2)C(C)(C)CN1. The van der Waals surface area contributed by atoms with Gasteiger partial charge >= 0.3 is 0 Å². The average Bonchev–Trinajstić information content (AvgIpc) is 2.88. The fraction of sp³-hybridized carbons (Fsp3) is 0.812. The molecule has 1 N–H and O–H groups in total. The van der Waals surface area contributed by atoms with Crippen molar-refractivity contribution in [3.63, 3.8) is 0 Å². The maximum Gasteiger partial charge on any atom is 0.0534 e. The molecule has 1 fully saturated rings. The van der Waals surface area contributed by atoms with E-state index in [4.69, 9.17) is 0 Å². The number of aryl methyl sites for hydroxylation is 1. The number of aromatic nitrogens is 2. The molecule has 0 amide bonds. The van der Waals surface area contributed by atoms with Gasteiger partial charge in [-0.25, -0.2) is 0 Å². The van der Waals surface area contributed by atoms with Gasteiger partial charge in [0.25, 0.3) is 0 Å². The molecule has 1 aliphatic heterocycles. The van der Waals surface area contributed by atoms with Gasteiger partial charge in [0.05, 0.1) is 6.20 Å². The van der Waals surface area contributed by atoms with Gasteiger partial charge in [0.2, 0.25) is 0 Å². The van der Waals surface area contributed by atoms with E-state index < -0.39 is 0 Å². The number of hydrogen-bond acceptors (Lipinski definition) is 3. The lowest BCUT2D eigenvalue weighted by Crippen LogP contribution is -2.62. The van der Waals surface area contributed by atoms with E-state index in [9.17, 15) is 0 Å². The van der Waals surface area contributed by atoms with Gasteiger partial charge in [0.15, 0.2) is 0 Å². The van der Waals surface area contributed by atoms with Gasteiger partial charge in [-0.2, -0.15) is 5.10 Å². The summed E-state index contributed by atoms with van der Waals surface area (Å²) in [5.74, 6) is 0.729. The molecule has 0 radical (unpaired) electrons. The summed E-state index contributed by atoms with van der Waals surface area (Å²) >= 11 is 0. The van der Waals surface area contributed by atoms with Crippen LogP contribution in [-0.2, 0) is 13.1 Å². The minimum atomic E-state index is 0.207. The van der Waals surface area contributed by atoms with Crippen LogP contribution in [0, 0.1) is 5.92 Å². The van der Waals surface area contributed by atoms with Gasteiger partial charge in [-0.05, 0) is 26.7 Å². The first kappa shape index (κ1) is 15.5. The van der Waals surface area contributed by atoms with E-state index in [0.717, 1.165) is 32.1 Å². The first-order valence-corrected chi connectivity index (χ1v) is 7.96. The highest BCUT2D eigenvalue weighted by atomic mass is 15.3. The van der Waals surface area contributed by atoms with Crippen LogP contribution >= 0.6 is 0 Å². The van der Waals surface area contributed by atoms with Gasteiger partial charge in [0.1, 0.15) is 0 Å². The summed E-state index contributed by atoms with van der Waals surface area (Å²) in [4.78, 5) is 2.61. The van der Waals surface area contributed by atoms with Crippen molar-refractivity contribution in [1.82, 2.24) is 20.0 Å². The van der Waals surface area contributed by atoms with E-state index in [1.54, 1.807) is 0 Å². The molecule has 0 spiro atoms. The number of hydrogen-bond donors (Lipinski definition) is 1. The minimum absolute atomic E-state index is 0.207. The summed E-state index contributed by atoms with van der Waals surface area (Å²) in [7, 11) is 0. The van der Waals surface area contributed by atoms with E-state index >= 15 is 0 Å². The molecular formula is C16H30N4. The second-order valence-electron chi connectivity index (χ2n) is 6.77. The zero-order chi connectivity index (χ0) is 14.8. The molecule has 0 saturated carbocycles. The molecule has 114 valence electrons. The van der Waals surface area contributed by atoms with Crippen LogP contribution in [0.2, 0.25) is 0 Å². The molecule has 1 saturated heterocycles. The molecule has 2 atom stereocenters. The Morgan fingerprint density at radius 2 is 2.20 bits per heavy atom. The fourth-order valence-corrected chi connectivity index (χ4v) is 2.87.